The quantitative estimate of drug-likeness (QED) is 0.295. The van der Waals surface area contributed by atoms with E-state index in [9.17, 15) is 9.59 Å². The molecule has 3 rings (SSSR count). The molecule has 0 radical (unpaired) electrons. The predicted octanol–water partition coefficient (Wildman–Crippen LogP) is 4.95. The molecule has 0 amide bonds. The first-order valence-electron chi connectivity index (χ1n) is 10.2. The molecule has 0 aliphatic rings. The summed E-state index contributed by atoms with van der Waals surface area (Å²) < 4.78 is 18.0. The second-order valence-electron chi connectivity index (χ2n) is 6.91. The molecular weight excluding hydrogens is 490 g/mol. The number of aromatic nitrogens is 2. The smallest absolute Gasteiger partial charge is 0.357 e. The van der Waals surface area contributed by atoms with Crippen LogP contribution in [0.3, 0.4) is 0 Å². The Morgan fingerprint density at radius 1 is 1.06 bits per heavy atom. The third-order valence-corrected chi connectivity index (χ3v) is 5.28. The zero-order valence-corrected chi connectivity index (χ0v) is 19.8. The predicted molar refractivity (Wildman–Crippen MR) is 124 cm³/mol. The van der Waals surface area contributed by atoms with E-state index in [1.807, 2.05) is 6.07 Å². The van der Waals surface area contributed by atoms with E-state index in [0.29, 0.717) is 42.9 Å². The van der Waals surface area contributed by atoms with Crippen molar-refractivity contribution < 1.29 is 23.8 Å². The minimum Gasteiger partial charge on any atom is -0.493 e. The lowest BCUT2D eigenvalue weighted by Crippen LogP contribution is -2.15. The van der Waals surface area contributed by atoms with Gasteiger partial charge < -0.3 is 14.2 Å². The zero-order valence-electron chi connectivity index (χ0n) is 18.2. The van der Waals surface area contributed by atoms with E-state index in [4.69, 9.17) is 19.5 Å². The molecule has 3 aromatic rings. The van der Waals surface area contributed by atoms with Crippen LogP contribution < -0.4 is 4.74 Å². The number of para-hydroxylation sites is 1. The van der Waals surface area contributed by atoms with Crippen LogP contribution in [0.4, 0.5) is 0 Å². The number of nitriles is 1. The van der Waals surface area contributed by atoms with Gasteiger partial charge in [0.1, 0.15) is 17.0 Å². The molecule has 0 saturated carbocycles. The Labute approximate surface area is 199 Å². The second kappa shape index (κ2) is 11.3. The number of carbonyl (C=O) groups excluding carboxylic acids is 2. The molecule has 0 fully saturated rings. The first kappa shape index (κ1) is 24.0. The molecule has 0 unspecified atom stereocenters. The van der Waals surface area contributed by atoms with Crippen molar-refractivity contribution in [2.75, 3.05) is 20.8 Å². The molecular formula is C24H22BrN3O5. The lowest BCUT2D eigenvalue weighted by molar-refractivity contribution is 0.0549. The fourth-order valence-corrected chi connectivity index (χ4v) is 3.61. The van der Waals surface area contributed by atoms with Crippen molar-refractivity contribution in [2.45, 2.75) is 19.3 Å². The molecule has 1 heterocycles. The molecule has 1 aromatic heterocycles. The van der Waals surface area contributed by atoms with Crippen LogP contribution in [-0.4, -0.2) is 42.5 Å². The summed E-state index contributed by atoms with van der Waals surface area (Å²) in [6, 6.07) is 16.4. The Hall–Kier alpha value is -3.64. The Morgan fingerprint density at radius 2 is 1.79 bits per heavy atom. The third kappa shape index (κ3) is 5.41. The summed E-state index contributed by atoms with van der Waals surface area (Å²) in [5.74, 6) is -0.978. The van der Waals surface area contributed by atoms with Gasteiger partial charge in [0, 0.05) is 16.5 Å². The second-order valence-corrected chi connectivity index (χ2v) is 7.82. The highest BCUT2D eigenvalue weighted by atomic mass is 79.9. The minimum atomic E-state index is -0.730. The molecule has 9 heteroatoms. The number of nitrogens with zero attached hydrogens (tertiary/aromatic N) is 3. The van der Waals surface area contributed by atoms with Gasteiger partial charge in [-0.1, -0.05) is 34.1 Å². The van der Waals surface area contributed by atoms with Crippen LogP contribution in [0.2, 0.25) is 0 Å². The Kier molecular flexibility index (Phi) is 8.22. The summed E-state index contributed by atoms with van der Waals surface area (Å²) in [6.45, 7) is 0.382. The number of esters is 2. The number of unbranched alkanes of at least 4 members (excludes halogenated alkanes) is 2. The molecule has 0 bridgehead atoms. The fourth-order valence-electron chi connectivity index (χ4n) is 3.24. The van der Waals surface area contributed by atoms with Crippen molar-refractivity contribution in [3.8, 4) is 28.8 Å². The SMILES string of the molecule is COC(=O)c1c(-c2cc(Br)ccc2OCCCCC#N)nn(-c2ccccc2)c1C(=O)OC. The normalized spacial score (nSPS) is 10.4. The number of methoxy groups -OCH3 is 2. The van der Waals surface area contributed by atoms with Crippen molar-refractivity contribution in [1.82, 2.24) is 9.78 Å². The van der Waals surface area contributed by atoms with E-state index in [2.05, 4.69) is 27.1 Å². The van der Waals surface area contributed by atoms with E-state index in [1.165, 1.54) is 18.9 Å². The van der Waals surface area contributed by atoms with E-state index < -0.39 is 11.9 Å². The van der Waals surface area contributed by atoms with E-state index in [-0.39, 0.29) is 17.0 Å². The lowest BCUT2D eigenvalue weighted by Gasteiger charge is -2.11. The number of benzene rings is 2. The van der Waals surface area contributed by atoms with Gasteiger partial charge in [-0.15, -0.1) is 0 Å². The Morgan fingerprint density at radius 3 is 2.45 bits per heavy atom. The van der Waals surface area contributed by atoms with Crippen LogP contribution >= 0.6 is 15.9 Å². The maximum Gasteiger partial charge on any atom is 0.357 e. The molecule has 2 aromatic carbocycles. The van der Waals surface area contributed by atoms with Gasteiger partial charge in [-0.05, 0) is 43.2 Å². The summed E-state index contributed by atoms with van der Waals surface area (Å²) >= 11 is 3.45. The molecule has 0 atom stereocenters. The Balaban J connectivity index is 2.20. The van der Waals surface area contributed by atoms with Crippen molar-refractivity contribution in [3.05, 3.63) is 64.3 Å². The van der Waals surface area contributed by atoms with Gasteiger partial charge in [0.05, 0.1) is 32.6 Å². The van der Waals surface area contributed by atoms with Gasteiger partial charge >= 0.3 is 11.9 Å². The van der Waals surface area contributed by atoms with Crippen molar-refractivity contribution in [1.29, 1.82) is 5.26 Å². The molecule has 170 valence electrons. The van der Waals surface area contributed by atoms with Crippen LogP contribution in [0.25, 0.3) is 16.9 Å². The van der Waals surface area contributed by atoms with Crippen LogP contribution in [0.15, 0.2) is 53.0 Å². The first-order valence-corrected chi connectivity index (χ1v) is 11.0. The first-order chi connectivity index (χ1) is 16.0. The standard InChI is InChI=1S/C24H22BrN3O5/c1-31-23(29)20-21(18-15-16(25)11-12-19(18)33-14-8-4-7-13-26)27-28(22(20)24(30)32-2)17-9-5-3-6-10-17/h3,5-6,9-12,15H,4,7-8,14H2,1-2H3. The van der Waals surface area contributed by atoms with Gasteiger partial charge in [-0.3, -0.25) is 0 Å². The summed E-state index contributed by atoms with van der Waals surface area (Å²) in [5, 5.41) is 13.3. The van der Waals surface area contributed by atoms with Crippen LogP contribution in [-0.2, 0) is 9.47 Å². The highest BCUT2D eigenvalue weighted by Gasteiger charge is 2.32. The number of hydrogen-bond acceptors (Lipinski definition) is 7. The molecule has 33 heavy (non-hydrogen) atoms. The van der Waals surface area contributed by atoms with Gasteiger partial charge in [-0.2, -0.15) is 10.4 Å². The number of halogens is 1. The summed E-state index contributed by atoms with van der Waals surface area (Å²) in [6.07, 6.45) is 1.86. The summed E-state index contributed by atoms with van der Waals surface area (Å²) in [5.41, 5.74) is 1.22. The van der Waals surface area contributed by atoms with E-state index >= 15 is 0 Å². The molecule has 8 nitrogen and oxygen atoms in total. The van der Waals surface area contributed by atoms with E-state index in [0.717, 1.165) is 4.47 Å². The molecule has 0 N–H and O–H groups in total. The summed E-state index contributed by atoms with van der Waals surface area (Å²) in [4.78, 5) is 25.6. The fraction of sp³-hybridized carbons (Fsp3) is 0.250. The van der Waals surface area contributed by atoms with Gasteiger partial charge in [0.25, 0.3) is 0 Å². The average Bonchev–Trinajstić information content (AvgIpc) is 3.24. The molecule has 0 aliphatic carbocycles. The zero-order chi connectivity index (χ0) is 23.8. The van der Waals surface area contributed by atoms with Crippen LogP contribution in [0.5, 0.6) is 5.75 Å². The topological polar surface area (TPSA) is 103 Å². The highest BCUT2D eigenvalue weighted by molar-refractivity contribution is 9.10. The van der Waals surface area contributed by atoms with Crippen molar-refractivity contribution in [2.24, 2.45) is 0 Å². The largest absolute Gasteiger partial charge is 0.493 e. The average molecular weight is 512 g/mol. The van der Waals surface area contributed by atoms with Crippen molar-refractivity contribution >= 4 is 27.9 Å². The van der Waals surface area contributed by atoms with Crippen LogP contribution in [0.1, 0.15) is 40.1 Å². The van der Waals surface area contributed by atoms with Crippen LogP contribution in [0, 0.1) is 11.3 Å². The number of carbonyl (C=O) groups is 2. The monoisotopic (exact) mass is 511 g/mol. The number of ether oxygens (including phenoxy) is 3. The number of rotatable bonds is 9. The third-order valence-electron chi connectivity index (χ3n) is 4.79. The van der Waals surface area contributed by atoms with Gasteiger partial charge in [0.2, 0.25) is 0 Å². The van der Waals surface area contributed by atoms with Gasteiger partial charge in [0.15, 0.2) is 5.69 Å². The van der Waals surface area contributed by atoms with Crippen molar-refractivity contribution in [3.63, 3.8) is 0 Å². The molecule has 0 aliphatic heterocycles. The Bertz CT molecular complexity index is 1180. The maximum atomic E-state index is 12.9. The molecule has 0 saturated heterocycles. The van der Waals surface area contributed by atoms with E-state index in [1.54, 1.807) is 42.5 Å². The maximum absolute atomic E-state index is 12.9. The summed E-state index contributed by atoms with van der Waals surface area (Å²) in [7, 11) is 2.47. The minimum absolute atomic E-state index is 0.0272. The lowest BCUT2D eigenvalue weighted by atomic mass is 10.0. The molecule has 0 spiro atoms. The number of hydrogen-bond donors (Lipinski definition) is 0. The van der Waals surface area contributed by atoms with Gasteiger partial charge in [-0.25, -0.2) is 14.3 Å². The highest BCUT2D eigenvalue weighted by Crippen LogP contribution is 2.37.